The van der Waals surface area contributed by atoms with E-state index in [9.17, 15) is 0 Å². The third kappa shape index (κ3) is 1.82. The van der Waals surface area contributed by atoms with Gasteiger partial charge in [0.2, 0.25) is 0 Å². The van der Waals surface area contributed by atoms with Gasteiger partial charge in [-0.15, -0.1) is 0 Å². The molecule has 18 heavy (non-hydrogen) atoms. The molecule has 0 spiro atoms. The summed E-state index contributed by atoms with van der Waals surface area (Å²) in [6.07, 6.45) is 4.45. The Morgan fingerprint density at radius 1 is 1.39 bits per heavy atom. The first kappa shape index (κ1) is 11.1. The molecule has 90 valence electrons. The number of aromatic amines is 1. The van der Waals surface area contributed by atoms with Crippen LogP contribution in [-0.4, -0.2) is 19.6 Å². The van der Waals surface area contributed by atoms with Crippen LogP contribution in [0.3, 0.4) is 0 Å². The lowest BCUT2D eigenvalue weighted by Crippen LogP contribution is -1.95. The zero-order valence-electron chi connectivity index (χ0n) is 9.92. The van der Waals surface area contributed by atoms with Gasteiger partial charge in [-0.3, -0.25) is 10.1 Å². The fourth-order valence-electron chi connectivity index (χ4n) is 1.89. The summed E-state index contributed by atoms with van der Waals surface area (Å²) in [7, 11) is 0. The number of hydrogen-bond donors (Lipinski definition) is 1. The number of H-pyrrole nitrogens is 1. The van der Waals surface area contributed by atoms with E-state index in [2.05, 4.69) is 22.0 Å². The molecular weight excluding hydrogens is 244 g/mol. The van der Waals surface area contributed by atoms with E-state index in [4.69, 9.17) is 12.2 Å². The zero-order valence-corrected chi connectivity index (χ0v) is 10.7. The van der Waals surface area contributed by atoms with Crippen LogP contribution in [0.2, 0.25) is 0 Å². The van der Waals surface area contributed by atoms with Crippen LogP contribution in [0.1, 0.15) is 12.6 Å². The summed E-state index contributed by atoms with van der Waals surface area (Å²) in [5, 5.41) is 3.24. The highest BCUT2D eigenvalue weighted by Crippen LogP contribution is 2.18. The van der Waals surface area contributed by atoms with E-state index in [0.717, 1.165) is 33.7 Å². The predicted molar refractivity (Wildman–Crippen MR) is 73.0 cm³/mol. The molecule has 4 nitrogen and oxygen atoms in total. The van der Waals surface area contributed by atoms with Crippen LogP contribution in [0.5, 0.6) is 0 Å². The predicted octanol–water partition coefficient (Wildman–Crippen LogP) is 3.02. The number of aryl methyl sites for hydroxylation is 1. The van der Waals surface area contributed by atoms with Crippen molar-refractivity contribution in [2.24, 2.45) is 0 Å². The molecule has 0 saturated carbocycles. The first-order chi connectivity index (χ1) is 8.78. The van der Waals surface area contributed by atoms with Crippen molar-refractivity contribution in [3.63, 3.8) is 0 Å². The van der Waals surface area contributed by atoms with Gasteiger partial charge in [0.15, 0.2) is 5.65 Å². The Morgan fingerprint density at radius 3 is 3.00 bits per heavy atom. The topological polar surface area (TPSA) is 46.0 Å². The molecule has 0 fully saturated rings. The first-order valence-corrected chi connectivity index (χ1v) is 6.21. The Hall–Kier alpha value is -2.01. The minimum atomic E-state index is 0.743. The Bertz CT molecular complexity index is 743. The van der Waals surface area contributed by atoms with E-state index in [1.54, 1.807) is 6.20 Å². The molecule has 0 aliphatic rings. The van der Waals surface area contributed by atoms with Gasteiger partial charge in [-0.25, -0.2) is 9.50 Å². The molecule has 1 N–H and O–H groups in total. The van der Waals surface area contributed by atoms with E-state index in [0.29, 0.717) is 0 Å². The average molecular weight is 256 g/mol. The number of nitrogens with one attached hydrogen (secondary N) is 1. The second-order valence-corrected chi connectivity index (χ2v) is 4.46. The van der Waals surface area contributed by atoms with Gasteiger partial charge in [-0.2, -0.15) is 0 Å². The van der Waals surface area contributed by atoms with Gasteiger partial charge in [-0.05, 0) is 24.6 Å². The summed E-state index contributed by atoms with van der Waals surface area (Å²) >= 11 is 5.35. The zero-order chi connectivity index (χ0) is 12.5. The maximum absolute atomic E-state index is 5.35. The fraction of sp³-hybridized carbons (Fsp3) is 0.154. The Kier molecular flexibility index (Phi) is 2.68. The minimum absolute atomic E-state index is 0.743. The van der Waals surface area contributed by atoms with Crippen molar-refractivity contribution in [2.45, 2.75) is 13.3 Å². The van der Waals surface area contributed by atoms with Crippen LogP contribution in [0.15, 0.2) is 36.7 Å². The van der Waals surface area contributed by atoms with Crippen molar-refractivity contribution >= 4 is 17.9 Å². The summed E-state index contributed by atoms with van der Waals surface area (Å²) in [6, 6.07) is 7.82. The summed E-state index contributed by atoms with van der Waals surface area (Å²) in [6.45, 7) is 2.07. The van der Waals surface area contributed by atoms with Gasteiger partial charge in [-0.1, -0.05) is 19.1 Å². The maximum Gasteiger partial charge on any atom is 0.155 e. The summed E-state index contributed by atoms with van der Waals surface area (Å²) < 4.78 is 2.56. The van der Waals surface area contributed by atoms with Crippen LogP contribution in [0.25, 0.3) is 16.9 Å². The first-order valence-electron chi connectivity index (χ1n) is 5.80. The van der Waals surface area contributed by atoms with Gasteiger partial charge in [0.1, 0.15) is 4.64 Å². The molecule has 0 bridgehead atoms. The standard InChI is InChI=1S/C13H12N4S/c1-2-10-6-13(18)17-12(15-10)7-11(16-17)9-4-3-5-14-8-9/h3-8,16H,2H2,1H3. The summed E-state index contributed by atoms with van der Waals surface area (Å²) in [5.74, 6) is 0. The van der Waals surface area contributed by atoms with Crippen molar-refractivity contribution in [3.05, 3.63) is 47.0 Å². The Balaban J connectivity index is 2.23. The third-order valence-corrected chi connectivity index (χ3v) is 3.14. The molecule has 5 heteroatoms. The molecule has 0 saturated heterocycles. The van der Waals surface area contributed by atoms with Crippen molar-refractivity contribution in [3.8, 4) is 11.3 Å². The molecule has 0 aliphatic carbocycles. The Morgan fingerprint density at radius 2 is 2.28 bits per heavy atom. The highest BCUT2D eigenvalue weighted by molar-refractivity contribution is 7.71. The molecule has 0 aromatic carbocycles. The van der Waals surface area contributed by atoms with Gasteiger partial charge in [0.25, 0.3) is 0 Å². The molecule has 3 rings (SSSR count). The molecule has 3 heterocycles. The van der Waals surface area contributed by atoms with Gasteiger partial charge in [0.05, 0.1) is 5.69 Å². The maximum atomic E-state index is 5.35. The van der Waals surface area contributed by atoms with E-state index in [1.807, 2.05) is 35.0 Å². The van der Waals surface area contributed by atoms with Crippen molar-refractivity contribution in [1.29, 1.82) is 0 Å². The number of fused-ring (bicyclic) bond motifs is 1. The van der Waals surface area contributed by atoms with Gasteiger partial charge in [0, 0.05) is 29.7 Å². The van der Waals surface area contributed by atoms with Crippen LogP contribution in [0.4, 0.5) is 0 Å². The summed E-state index contributed by atoms with van der Waals surface area (Å²) in [5.41, 5.74) is 3.85. The SMILES string of the molecule is CCc1cc(=S)n2[nH]c(-c3cccnc3)cc2n1. The fourth-order valence-corrected chi connectivity index (χ4v) is 2.17. The van der Waals surface area contributed by atoms with E-state index < -0.39 is 0 Å². The lowest BCUT2D eigenvalue weighted by Gasteiger charge is -1.97. The Labute approximate surface area is 109 Å². The second-order valence-electron chi connectivity index (χ2n) is 4.04. The largest absolute Gasteiger partial charge is 0.291 e. The van der Waals surface area contributed by atoms with Crippen LogP contribution in [0, 0.1) is 4.64 Å². The quantitative estimate of drug-likeness (QED) is 0.717. The lowest BCUT2D eigenvalue weighted by molar-refractivity contribution is 0.901. The minimum Gasteiger partial charge on any atom is -0.291 e. The van der Waals surface area contributed by atoms with Crippen LogP contribution < -0.4 is 0 Å². The number of aromatic nitrogens is 4. The lowest BCUT2D eigenvalue weighted by atomic mass is 10.2. The molecule has 3 aromatic rings. The highest BCUT2D eigenvalue weighted by atomic mass is 32.1. The average Bonchev–Trinajstić information content (AvgIpc) is 2.84. The van der Waals surface area contributed by atoms with Crippen LogP contribution in [-0.2, 0) is 6.42 Å². The molecule has 0 radical (unpaired) electrons. The molecule has 0 aliphatic heterocycles. The highest BCUT2D eigenvalue weighted by Gasteiger charge is 2.05. The molecular formula is C13H12N4S. The molecule has 0 unspecified atom stereocenters. The van der Waals surface area contributed by atoms with E-state index in [-0.39, 0.29) is 0 Å². The summed E-state index contributed by atoms with van der Waals surface area (Å²) in [4.78, 5) is 8.66. The third-order valence-electron chi connectivity index (χ3n) is 2.84. The number of pyridine rings is 1. The number of rotatable bonds is 2. The molecule has 3 aromatic heterocycles. The van der Waals surface area contributed by atoms with Gasteiger partial charge < -0.3 is 0 Å². The van der Waals surface area contributed by atoms with Crippen LogP contribution >= 0.6 is 12.2 Å². The van der Waals surface area contributed by atoms with Crippen molar-refractivity contribution in [1.82, 2.24) is 19.6 Å². The number of nitrogens with zero attached hydrogens (tertiary/aromatic N) is 3. The molecule has 0 atom stereocenters. The monoisotopic (exact) mass is 256 g/mol. The van der Waals surface area contributed by atoms with Gasteiger partial charge >= 0.3 is 0 Å². The second kappa shape index (κ2) is 4.34. The molecule has 0 amide bonds. The number of hydrogen-bond acceptors (Lipinski definition) is 3. The van der Waals surface area contributed by atoms with E-state index in [1.165, 1.54) is 0 Å². The normalized spacial score (nSPS) is 10.9. The smallest absolute Gasteiger partial charge is 0.155 e. The van der Waals surface area contributed by atoms with E-state index >= 15 is 0 Å². The van der Waals surface area contributed by atoms with Crippen molar-refractivity contribution in [2.75, 3.05) is 0 Å². The van der Waals surface area contributed by atoms with Crippen molar-refractivity contribution < 1.29 is 0 Å².